The number of likely N-dealkylation sites (N-methyl/N-ethyl adjacent to an activating group) is 1. The molecule has 1 saturated heterocycles. The van der Waals surface area contributed by atoms with Crippen LogP contribution in [0.3, 0.4) is 0 Å². The Kier molecular flexibility index (Phi) is 17.1. The minimum atomic E-state index is -0.960. The average molecular weight is 982 g/mol. The first-order chi connectivity index (χ1) is 33.6. The molecule has 2 aromatic carbocycles. The number of rotatable bonds is 20. The molecule has 20 heteroatoms. The number of carbonyl (C=O) groups excluding carboxylic acids is 5. The minimum Gasteiger partial charge on any atom is -0.495 e. The van der Waals surface area contributed by atoms with Crippen molar-refractivity contribution >= 4 is 64.0 Å². The summed E-state index contributed by atoms with van der Waals surface area (Å²) in [6.07, 6.45) is 5.82. The van der Waals surface area contributed by atoms with E-state index in [2.05, 4.69) is 41.5 Å². The van der Waals surface area contributed by atoms with E-state index in [4.69, 9.17) is 14.5 Å². The highest BCUT2D eigenvalue weighted by Crippen LogP contribution is 2.40. The minimum absolute atomic E-state index is 0.0222. The van der Waals surface area contributed by atoms with E-state index in [1.807, 2.05) is 64.4 Å². The first kappa shape index (κ1) is 51.6. The molecule has 2 aliphatic heterocycles. The lowest BCUT2D eigenvalue weighted by molar-refractivity contribution is -0.144. The van der Waals surface area contributed by atoms with Crippen LogP contribution in [-0.4, -0.2) is 138 Å². The van der Waals surface area contributed by atoms with Gasteiger partial charge in [0.15, 0.2) is 5.82 Å². The number of ether oxygens (including phenoxy) is 2. The monoisotopic (exact) mass is 981 g/mol. The van der Waals surface area contributed by atoms with E-state index in [9.17, 15) is 29.1 Å². The van der Waals surface area contributed by atoms with Crippen molar-refractivity contribution in [2.24, 2.45) is 5.41 Å². The predicted octanol–water partition coefficient (Wildman–Crippen LogP) is 4.31. The molecule has 376 valence electrons. The number of aliphatic hydroxyl groups excluding tert-OH is 1. The van der Waals surface area contributed by atoms with Crippen molar-refractivity contribution in [2.45, 2.75) is 110 Å². The van der Waals surface area contributed by atoms with E-state index in [-0.39, 0.29) is 75.6 Å². The maximum Gasteiger partial charge on any atom is 0.251 e. The summed E-state index contributed by atoms with van der Waals surface area (Å²) in [4.78, 5) is 87.0. The van der Waals surface area contributed by atoms with E-state index in [0.29, 0.717) is 41.6 Å². The van der Waals surface area contributed by atoms with Crippen LogP contribution in [0.4, 0.5) is 23.1 Å². The molecule has 2 fully saturated rings. The molecule has 2 aromatic heterocycles. The van der Waals surface area contributed by atoms with Crippen molar-refractivity contribution in [3.8, 4) is 16.2 Å². The SMILES string of the molecule is CC[C@@H]1C(=O)N(C)c2cnc(Nc3ccc(C(=O)NCCOCCNCC(=O)N[C@H](C(=O)N4C[C@H](O)C[C@H]4C(=O)NCc4ccc(-c5scnc5C)cc4)C(C)(C)C)cc3OC)nc2N1C1CCCC1. The Morgan fingerprint density at radius 3 is 2.43 bits per heavy atom. The number of nitrogens with zero attached hydrogens (tertiary/aromatic N) is 6. The molecule has 0 unspecified atom stereocenters. The van der Waals surface area contributed by atoms with Gasteiger partial charge in [0.1, 0.15) is 29.6 Å². The summed E-state index contributed by atoms with van der Waals surface area (Å²) in [7, 11) is 3.28. The number of aryl methyl sites for hydroxylation is 1. The van der Waals surface area contributed by atoms with Crippen molar-refractivity contribution in [2.75, 3.05) is 68.7 Å². The molecule has 4 atom stereocenters. The van der Waals surface area contributed by atoms with E-state index in [1.165, 1.54) is 12.0 Å². The maximum atomic E-state index is 14.0. The van der Waals surface area contributed by atoms with Gasteiger partial charge in [0.05, 0.1) is 60.9 Å². The highest BCUT2D eigenvalue weighted by molar-refractivity contribution is 7.13. The van der Waals surface area contributed by atoms with E-state index in [0.717, 1.165) is 53.2 Å². The van der Waals surface area contributed by atoms with Gasteiger partial charge in [0.25, 0.3) is 5.91 Å². The predicted molar refractivity (Wildman–Crippen MR) is 268 cm³/mol. The summed E-state index contributed by atoms with van der Waals surface area (Å²) in [5.41, 5.74) is 5.62. The Labute approximate surface area is 413 Å². The van der Waals surface area contributed by atoms with Crippen LogP contribution in [0.5, 0.6) is 5.75 Å². The van der Waals surface area contributed by atoms with Gasteiger partial charge in [-0.1, -0.05) is 64.8 Å². The quantitative estimate of drug-likeness (QED) is 0.0679. The van der Waals surface area contributed by atoms with Crippen LogP contribution < -0.4 is 41.1 Å². The van der Waals surface area contributed by atoms with E-state index in [1.54, 1.807) is 47.7 Å². The van der Waals surface area contributed by atoms with Crippen LogP contribution in [-0.2, 0) is 30.5 Å². The zero-order chi connectivity index (χ0) is 50.1. The van der Waals surface area contributed by atoms with Crippen LogP contribution in [0.15, 0.2) is 54.2 Å². The fourth-order valence-electron chi connectivity index (χ4n) is 9.28. The number of hydrogen-bond acceptors (Lipinski definition) is 15. The molecule has 0 bridgehead atoms. The molecule has 0 spiro atoms. The third kappa shape index (κ3) is 12.2. The van der Waals surface area contributed by atoms with Gasteiger partial charge in [0, 0.05) is 51.3 Å². The fraction of sp³-hybridized carbons (Fsp3) is 0.520. The molecule has 5 amide bonds. The lowest BCUT2D eigenvalue weighted by Gasteiger charge is -2.43. The maximum absolute atomic E-state index is 14.0. The Hall–Kier alpha value is -6.22. The molecule has 1 aliphatic carbocycles. The van der Waals surface area contributed by atoms with Crippen LogP contribution in [0.25, 0.3) is 10.4 Å². The lowest BCUT2D eigenvalue weighted by atomic mass is 9.85. The fourth-order valence-corrected chi connectivity index (χ4v) is 10.1. The standard InChI is InChI=1S/C50H67N11O8S/c1-8-37-47(66)59(6)39-26-54-49(58-44(39)61(37)34-11-9-10-12-34)56-36-18-17-33(23-40(36)68-7)45(64)52-20-22-69-21-19-51-27-41(63)57-43(50(3,4)5)48(67)60-28-35(62)24-38(60)46(65)53-25-31-13-15-32(16-14-31)42-30(2)55-29-70-42/h13-18,23,26,29,34-35,37-38,43,51,62H,8-12,19-22,24-25,27-28H2,1-7H3,(H,52,64)(H,53,65)(H,57,63)(H,54,56,58)/t35-,37-,38+,43-/m1/s1. The molecule has 4 heterocycles. The summed E-state index contributed by atoms with van der Waals surface area (Å²) in [6, 6.07) is 11.0. The number of nitrogens with one attached hydrogen (secondary N) is 5. The van der Waals surface area contributed by atoms with Crippen molar-refractivity contribution in [1.29, 1.82) is 0 Å². The van der Waals surface area contributed by atoms with Crippen molar-refractivity contribution in [3.63, 3.8) is 0 Å². The number of β-amino-alcohol motifs (C(OH)–C–C–N with tert-alkyl or cyclic N) is 1. The number of benzene rings is 2. The van der Waals surface area contributed by atoms with E-state index >= 15 is 0 Å². The number of thiazole rings is 1. The van der Waals surface area contributed by atoms with Gasteiger partial charge in [-0.25, -0.2) is 9.97 Å². The molecular weight excluding hydrogens is 915 g/mol. The number of methoxy groups -OCH3 is 1. The smallest absolute Gasteiger partial charge is 0.251 e. The Balaban J connectivity index is 0.828. The molecule has 6 N–H and O–H groups in total. The molecule has 3 aliphatic rings. The lowest BCUT2D eigenvalue weighted by Crippen LogP contribution is -2.58. The van der Waals surface area contributed by atoms with Gasteiger partial charge in [-0.05, 0) is 60.9 Å². The normalized spacial score (nSPS) is 18.7. The molecule has 1 saturated carbocycles. The largest absolute Gasteiger partial charge is 0.495 e. The molecule has 19 nitrogen and oxygen atoms in total. The van der Waals surface area contributed by atoms with Gasteiger partial charge in [-0.15, -0.1) is 11.3 Å². The first-order valence-corrected chi connectivity index (χ1v) is 25.0. The number of carbonyl (C=O) groups is 5. The number of anilines is 4. The molecule has 0 radical (unpaired) electrons. The van der Waals surface area contributed by atoms with Gasteiger partial charge < -0.3 is 55.9 Å². The topological polar surface area (TPSA) is 233 Å². The van der Waals surface area contributed by atoms with Gasteiger partial charge in [-0.2, -0.15) is 4.98 Å². The Bertz CT molecular complexity index is 2490. The third-order valence-electron chi connectivity index (χ3n) is 13.1. The second-order valence-electron chi connectivity index (χ2n) is 19.1. The van der Waals surface area contributed by atoms with Gasteiger partial charge >= 0.3 is 0 Å². The average Bonchev–Trinajstić information content (AvgIpc) is 4.13. The number of aliphatic hydroxyl groups is 1. The van der Waals surface area contributed by atoms with Crippen LogP contribution >= 0.6 is 11.3 Å². The molecule has 7 rings (SSSR count). The summed E-state index contributed by atoms with van der Waals surface area (Å²) < 4.78 is 11.3. The zero-order valence-electron chi connectivity index (χ0n) is 41.2. The highest BCUT2D eigenvalue weighted by atomic mass is 32.1. The number of hydrogen-bond donors (Lipinski definition) is 6. The van der Waals surface area contributed by atoms with Crippen LogP contribution in [0, 0.1) is 12.3 Å². The summed E-state index contributed by atoms with van der Waals surface area (Å²) in [5, 5.41) is 25.5. The second-order valence-corrected chi connectivity index (χ2v) is 20.0. The van der Waals surface area contributed by atoms with Crippen molar-refractivity contribution < 1.29 is 38.6 Å². The van der Waals surface area contributed by atoms with E-state index < -0.39 is 35.4 Å². The number of fused-ring (bicyclic) bond motifs is 1. The molecular formula is C50H67N11O8S. The molecule has 70 heavy (non-hydrogen) atoms. The Morgan fingerprint density at radius 1 is 1.00 bits per heavy atom. The summed E-state index contributed by atoms with van der Waals surface area (Å²) >= 11 is 1.57. The molecule has 4 aromatic rings. The second kappa shape index (κ2) is 23.1. The summed E-state index contributed by atoms with van der Waals surface area (Å²) in [6.45, 7) is 10.7. The van der Waals surface area contributed by atoms with Crippen LogP contribution in [0.1, 0.15) is 87.8 Å². The zero-order valence-corrected chi connectivity index (χ0v) is 42.0. The number of aromatic nitrogens is 3. The number of amides is 5. The van der Waals surface area contributed by atoms with Crippen molar-refractivity contribution in [3.05, 3.63) is 71.0 Å². The van der Waals surface area contributed by atoms with Gasteiger partial charge in [0.2, 0.25) is 29.6 Å². The first-order valence-electron chi connectivity index (χ1n) is 24.1. The number of likely N-dealkylation sites (tertiary alicyclic amines) is 1. The highest BCUT2D eigenvalue weighted by Gasteiger charge is 2.45. The van der Waals surface area contributed by atoms with Crippen molar-refractivity contribution in [1.82, 2.24) is 41.1 Å². The van der Waals surface area contributed by atoms with Crippen LogP contribution in [0.2, 0.25) is 0 Å². The Morgan fingerprint density at radius 2 is 1.74 bits per heavy atom. The third-order valence-corrected chi connectivity index (χ3v) is 14.1. The summed E-state index contributed by atoms with van der Waals surface area (Å²) in [5.74, 6) is -0.00906. The van der Waals surface area contributed by atoms with Gasteiger partial charge in [-0.3, -0.25) is 24.0 Å².